The lowest BCUT2D eigenvalue weighted by Gasteiger charge is -2.23. The first kappa shape index (κ1) is 14.6. The summed E-state index contributed by atoms with van der Waals surface area (Å²) in [4.78, 5) is 6.78. The Morgan fingerprint density at radius 2 is 2.29 bits per heavy atom. The van der Waals surface area contributed by atoms with E-state index in [-0.39, 0.29) is 0 Å². The molecule has 0 amide bonds. The molecule has 1 unspecified atom stereocenters. The molecule has 112 valence electrons. The van der Waals surface area contributed by atoms with E-state index < -0.39 is 0 Å². The fourth-order valence-corrected chi connectivity index (χ4v) is 3.33. The molecule has 0 aromatic carbocycles. The molecule has 0 spiro atoms. The zero-order valence-corrected chi connectivity index (χ0v) is 13.1. The largest absolute Gasteiger partial charge is 0.377 e. The van der Waals surface area contributed by atoms with Crippen LogP contribution in [0.15, 0.2) is 24.4 Å². The zero-order chi connectivity index (χ0) is 14.5. The Morgan fingerprint density at radius 1 is 1.33 bits per heavy atom. The standard InChI is InChI=1S/C15H20N4OS/c1-12-17-18-15(21-12)11-19(10-14-6-4-8-20-14)9-13-5-2-3-7-16-13/h2-3,5,7,14H,4,6,8-11H2,1H3. The monoisotopic (exact) mass is 304 g/mol. The van der Waals surface area contributed by atoms with Gasteiger partial charge in [-0.3, -0.25) is 9.88 Å². The van der Waals surface area contributed by atoms with Gasteiger partial charge in [0, 0.05) is 25.9 Å². The van der Waals surface area contributed by atoms with Crippen molar-refractivity contribution in [1.82, 2.24) is 20.1 Å². The Labute approximate surface area is 129 Å². The van der Waals surface area contributed by atoms with Gasteiger partial charge in [-0.1, -0.05) is 6.07 Å². The van der Waals surface area contributed by atoms with Gasteiger partial charge in [0.15, 0.2) is 0 Å². The fourth-order valence-electron chi connectivity index (χ4n) is 2.57. The van der Waals surface area contributed by atoms with E-state index in [1.165, 1.54) is 6.42 Å². The Hall–Kier alpha value is -1.37. The second kappa shape index (κ2) is 7.06. The molecule has 1 aliphatic heterocycles. The summed E-state index contributed by atoms with van der Waals surface area (Å²) < 4.78 is 5.77. The van der Waals surface area contributed by atoms with Crippen LogP contribution < -0.4 is 0 Å². The fraction of sp³-hybridized carbons (Fsp3) is 0.533. The highest BCUT2D eigenvalue weighted by atomic mass is 32.1. The average molecular weight is 304 g/mol. The molecule has 3 heterocycles. The molecule has 6 heteroatoms. The molecule has 5 nitrogen and oxygen atoms in total. The predicted molar refractivity (Wildman–Crippen MR) is 82.0 cm³/mol. The minimum atomic E-state index is 0.336. The first-order chi connectivity index (χ1) is 10.3. The van der Waals surface area contributed by atoms with Gasteiger partial charge >= 0.3 is 0 Å². The summed E-state index contributed by atoms with van der Waals surface area (Å²) >= 11 is 1.66. The maximum Gasteiger partial charge on any atom is 0.131 e. The highest BCUT2D eigenvalue weighted by molar-refractivity contribution is 7.11. The summed E-state index contributed by atoms with van der Waals surface area (Å²) in [7, 11) is 0. The predicted octanol–water partition coefficient (Wildman–Crippen LogP) is 2.42. The van der Waals surface area contributed by atoms with Crippen molar-refractivity contribution in [1.29, 1.82) is 0 Å². The van der Waals surface area contributed by atoms with E-state index in [0.717, 1.165) is 48.4 Å². The van der Waals surface area contributed by atoms with Crippen LogP contribution in [0.2, 0.25) is 0 Å². The summed E-state index contributed by atoms with van der Waals surface area (Å²) in [5, 5.41) is 10.4. The summed E-state index contributed by atoms with van der Waals surface area (Å²) in [6.45, 7) is 5.43. The summed E-state index contributed by atoms with van der Waals surface area (Å²) in [6, 6.07) is 6.04. The van der Waals surface area contributed by atoms with Gasteiger partial charge in [0.1, 0.15) is 10.0 Å². The highest BCUT2D eigenvalue weighted by Crippen LogP contribution is 2.18. The molecule has 0 N–H and O–H groups in total. The van der Waals surface area contributed by atoms with E-state index in [2.05, 4.69) is 26.1 Å². The van der Waals surface area contributed by atoms with Crippen LogP contribution in [0.25, 0.3) is 0 Å². The number of aromatic nitrogens is 3. The topological polar surface area (TPSA) is 51.1 Å². The number of aryl methyl sites for hydroxylation is 1. The van der Waals surface area contributed by atoms with Gasteiger partial charge in [-0.15, -0.1) is 21.5 Å². The Balaban J connectivity index is 1.67. The van der Waals surface area contributed by atoms with E-state index in [9.17, 15) is 0 Å². The third-order valence-corrected chi connectivity index (χ3v) is 4.35. The van der Waals surface area contributed by atoms with Crippen molar-refractivity contribution in [2.45, 2.75) is 39.0 Å². The van der Waals surface area contributed by atoms with Crippen LogP contribution in [0.5, 0.6) is 0 Å². The second-order valence-corrected chi connectivity index (χ2v) is 6.61. The maximum atomic E-state index is 5.77. The normalized spacial score (nSPS) is 18.5. The Morgan fingerprint density at radius 3 is 2.95 bits per heavy atom. The minimum Gasteiger partial charge on any atom is -0.377 e. The lowest BCUT2D eigenvalue weighted by atomic mass is 10.2. The zero-order valence-electron chi connectivity index (χ0n) is 12.2. The first-order valence-corrected chi connectivity index (χ1v) is 8.14. The number of rotatable bonds is 6. The van der Waals surface area contributed by atoms with Crippen molar-refractivity contribution >= 4 is 11.3 Å². The smallest absolute Gasteiger partial charge is 0.131 e. The van der Waals surface area contributed by atoms with E-state index in [1.807, 2.05) is 25.3 Å². The number of ether oxygens (including phenoxy) is 1. The molecule has 0 aliphatic carbocycles. The van der Waals surface area contributed by atoms with Crippen LogP contribution in [-0.2, 0) is 17.8 Å². The van der Waals surface area contributed by atoms with Crippen molar-refractivity contribution in [2.24, 2.45) is 0 Å². The summed E-state index contributed by atoms with van der Waals surface area (Å²) in [5.74, 6) is 0. The van der Waals surface area contributed by atoms with Crippen molar-refractivity contribution in [2.75, 3.05) is 13.2 Å². The van der Waals surface area contributed by atoms with E-state index in [1.54, 1.807) is 11.3 Å². The van der Waals surface area contributed by atoms with Crippen LogP contribution >= 0.6 is 11.3 Å². The van der Waals surface area contributed by atoms with Crippen LogP contribution in [0.3, 0.4) is 0 Å². The first-order valence-electron chi connectivity index (χ1n) is 7.32. The van der Waals surface area contributed by atoms with Crippen LogP contribution in [-0.4, -0.2) is 39.3 Å². The molecule has 1 aliphatic rings. The quantitative estimate of drug-likeness (QED) is 0.820. The highest BCUT2D eigenvalue weighted by Gasteiger charge is 2.20. The number of pyridine rings is 1. The molecule has 0 saturated carbocycles. The Bertz CT molecular complexity index is 554. The molecule has 1 fully saturated rings. The van der Waals surface area contributed by atoms with Gasteiger partial charge in [0.25, 0.3) is 0 Å². The third-order valence-electron chi connectivity index (χ3n) is 3.52. The van der Waals surface area contributed by atoms with Gasteiger partial charge < -0.3 is 4.74 Å². The summed E-state index contributed by atoms with van der Waals surface area (Å²) in [6.07, 6.45) is 4.49. The SMILES string of the molecule is Cc1nnc(CN(Cc2ccccn2)CC2CCCO2)s1. The molecule has 1 saturated heterocycles. The molecule has 21 heavy (non-hydrogen) atoms. The number of hydrogen-bond acceptors (Lipinski definition) is 6. The number of nitrogens with zero attached hydrogens (tertiary/aromatic N) is 4. The van der Waals surface area contributed by atoms with Crippen molar-refractivity contribution < 1.29 is 4.74 Å². The minimum absolute atomic E-state index is 0.336. The van der Waals surface area contributed by atoms with E-state index in [4.69, 9.17) is 4.74 Å². The van der Waals surface area contributed by atoms with Crippen molar-refractivity contribution in [3.05, 3.63) is 40.1 Å². The van der Waals surface area contributed by atoms with Gasteiger partial charge in [-0.2, -0.15) is 0 Å². The van der Waals surface area contributed by atoms with Crippen LogP contribution in [0.4, 0.5) is 0 Å². The second-order valence-electron chi connectivity index (χ2n) is 5.34. The van der Waals surface area contributed by atoms with Crippen LogP contribution in [0, 0.1) is 6.92 Å². The molecule has 2 aromatic heterocycles. The molecule has 0 bridgehead atoms. The lowest BCUT2D eigenvalue weighted by Crippen LogP contribution is -2.31. The Kier molecular flexibility index (Phi) is 4.90. The molecular formula is C15H20N4OS. The third kappa shape index (κ3) is 4.30. The van der Waals surface area contributed by atoms with Crippen molar-refractivity contribution in [3.8, 4) is 0 Å². The van der Waals surface area contributed by atoms with Crippen LogP contribution in [0.1, 0.15) is 28.6 Å². The molecule has 3 rings (SSSR count). The van der Waals surface area contributed by atoms with Gasteiger partial charge in [-0.05, 0) is 31.9 Å². The summed E-state index contributed by atoms with van der Waals surface area (Å²) in [5.41, 5.74) is 1.08. The lowest BCUT2D eigenvalue weighted by molar-refractivity contribution is 0.0674. The molecular weight excluding hydrogens is 284 g/mol. The molecule has 1 atom stereocenters. The molecule has 0 radical (unpaired) electrons. The molecule has 2 aromatic rings. The van der Waals surface area contributed by atoms with Gasteiger partial charge in [0.2, 0.25) is 0 Å². The average Bonchev–Trinajstić information content (AvgIpc) is 3.12. The number of hydrogen-bond donors (Lipinski definition) is 0. The maximum absolute atomic E-state index is 5.77. The van der Waals surface area contributed by atoms with Gasteiger partial charge in [-0.25, -0.2) is 0 Å². The van der Waals surface area contributed by atoms with Gasteiger partial charge in [0.05, 0.1) is 18.3 Å². The van der Waals surface area contributed by atoms with E-state index in [0.29, 0.717) is 6.10 Å². The van der Waals surface area contributed by atoms with Crippen molar-refractivity contribution in [3.63, 3.8) is 0 Å². The van der Waals surface area contributed by atoms with E-state index >= 15 is 0 Å².